The molecule has 0 spiro atoms. The average Bonchev–Trinajstić information content (AvgIpc) is 2.36. The van der Waals surface area contributed by atoms with E-state index in [2.05, 4.69) is 69.1 Å². The first-order chi connectivity index (χ1) is 9.02. The Balaban J connectivity index is 2.54. The summed E-state index contributed by atoms with van der Waals surface area (Å²) in [6.45, 7) is 15.5. The number of hydrogen-bond acceptors (Lipinski definition) is 2. The number of hydrogen-bond donors (Lipinski definition) is 1. The molecule has 0 unspecified atom stereocenters. The Hall–Kier alpha value is -1.02. The molecule has 0 saturated heterocycles. The highest BCUT2D eigenvalue weighted by molar-refractivity contribution is 5.47. The summed E-state index contributed by atoms with van der Waals surface area (Å²) in [5.74, 6) is 1.41. The first-order valence-corrected chi connectivity index (χ1v) is 7.57. The summed E-state index contributed by atoms with van der Waals surface area (Å²) < 4.78 is 0. The van der Waals surface area contributed by atoms with Gasteiger partial charge < -0.3 is 10.2 Å². The van der Waals surface area contributed by atoms with E-state index in [-0.39, 0.29) is 0 Å². The second kappa shape index (κ2) is 8.21. The van der Waals surface area contributed by atoms with E-state index in [4.69, 9.17) is 0 Å². The first kappa shape index (κ1) is 16.0. The third kappa shape index (κ3) is 6.11. The number of nitrogens with one attached hydrogen (secondary N) is 1. The van der Waals surface area contributed by atoms with E-state index in [0.29, 0.717) is 11.8 Å². The second-order valence-electron chi connectivity index (χ2n) is 6.12. The summed E-state index contributed by atoms with van der Waals surface area (Å²) >= 11 is 0. The lowest BCUT2D eigenvalue weighted by Gasteiger charge is -2.25. The molecule has 1 N–H and O–H groups in total. The van der Waals surface area contributed by atoms with Gasteiger partial charge in [-0.1, -0.05) is 39.8 Å². The molecule has 0 radical (unpaired) electrons. The molecule has 0 aliphatic carbocycles. The lowest BCUT2D eigenvalue weighted by molar-refractivity contribution is 0.552. The summed E-state index contributed by atoms with van der Waals surface area (Å²) in [5, 5.41) is 3.48. The van der Waals surface area contributed by atoms with Crippen molar-refractivity contribution in [3.05, 3.63) is 29.8 Å². The molecule has 0 aromatic heterocycles. The first-order valence-electron chi connectivity index (χ1n) is 7.57. The molecule has 0 atom stereocenters. The Bertz CT molecular complexity index is 341. The molecular formula is C17H30N2. The molecule has 2 nitrogen and oxygen atoms in total. The van der Waals surface area contributed by atoms with Crippen molar-refractivity contribution in [1.29, 1.82) is 0 Å². The Morgan fingerprint density at radius 3 is 2.11 bits per heavy atom. The molecule has 0 aliphatic heterocycles. The van der Waals surface area contributed by atoms with Gasteiger partial charge in [0.05, 0.1) is 0 Å². The van der Waals surface area contributed by atoms with Gasteiger partial charge in [0, 0.05) is 25.3 Å². The van der Waals surface area contributed by atoms with Crippen LogP contribution in [0, 0.1) is 11.8 Å². The molecule has 0 heterocycles. The molecular weight excluding hydrogens is 232 g/mol. The quantitative estimate of drug-likeness (QED) is 0.764. The van der Waals surface area contributed by atoms with Crippen LogP contribution in [0.25, 0.3) is 0 Å². The minimum Gasteiger partial charge on any atom is -0.372 e. The lowest BCUT2D eigenvalue weighted by Crippen LogP contribution is -2.27. The number of rotatable bonds is 8. The SMILES string of the molecule is CCN(CC(C)C)c1ccc(CNCC(C)C)cc1. The fourth-order valence-electron chi connectivity index (χ4n) is 2.19. The van der Waals surface area contributed by atoms with Crippen LogP contribution in [0.3, 0.4) is 0 Å². The van der Waals surface area contributed by atoms with Crippen LogP contribution in [0.4, 0.5) is 5.69 Å². The van der Waals surface area contributed by atoms with Crippen molar-refractivity contribution in [3.8, 4) is 0 Å². The summed E-state index contributed by atoms with van der Waals surface area (Å²) in [5.41, 5.74) is 2.70. The van der Waals surface area contributed by atoms with E-state index >= 15 is 0 Å². The summed E-state index contributed by atoms with van der Waals surface area (Å²) in [4.78, 5) is 2.44. The number of nitrogens with zero attached hydrogens (tertiary/aromatic N) is 1. The normalized spacial score (nSPS) is 11.3. The van der Waals surface area contributed by atoms with Crippen molar-refractivity contribution in [1.82, 2.24) is 5.32 Å². The summed E-state index contributed by atoms with van der Waals surface area (Å²) in [7, 11) is 0. The minimum absolute atomic E-state index is 0.701. The number of benzene rings is 1. The summed E-state index contributed by atoms with van der Waals surface area (Å²) in [6.07, 6.45) is 0. The van der Waals surface area contributed by atoms with Gasteiger partial charge in [-0.25, -0.2) is 0 Å². The minimum atomic E-state index is 0.701. The fraction of sp³-hybridized carbons (Fsp3) is 0.647. The predicted octanol–water partition coefficient (Wildman–Crippen LogP) is 3.91. The fourth-order valence-corrected chi connectivity index (χ4v) is 2.19. The highest BCUT2D eigenvalue weighted by Gasteiger charge is 2.06. The van der Waals surface area contributed by atoms with Crippen molar-refractivity contribution < 1.29 is 0 Å². The van der Waals surface area contributed by atoms with Crippen LogP contribution < -0.4 is 10.2 Å². The van der Waals surface area contributed by atoms with E-state index in [1.807, 2.05) is 0 Å². The molecule has 2 heteroatoms. The molecule has 0 saturated carbocycles. The van der Waals surface area contributed by atoms with Gasteiger partial charge in [-0.15, -0.1) is 0 Å². The van der Waals surface area contributed by atoms with Crippen molar-refractivity contribution >= 4 is 5.69 Å². The van der Waals surface area contributed by atoms with Crippen LogP contribution in [0.2, 0.25) is 0 Å². The van der Waals surface area contributed by atoms with Gasteiger partial charge in [-0.05, 0) is 43.0 Å². The Kier molecular flexibility index (Phi) is 6.93. The van der Waals surface area contributed by atoms with Crippen molar-refractivity contribution in [2.45, 2.75) is 41.2 Å². The Morgan fingerprint density at radius 1 is 1.00 bits per heavy atom. The Morgan fingerprint density at radius 2 is 1.63 bits per heavy atom. The molecule has 1 aromatic rings. The van der Waals surface area contributed by atoms with Gasteiger partial charge in [-0.3, -0.25) is 0 Å². The third-order valence-corrected chi connectivity index (χ3v) is 3.15. The Labute approximate surface area is 119 Å². The van der Waals surface area contributed by atoms with E-state index in [0.717, 1.165) is 26.2 Å². The molecule has 0 aliphatic rings. The smallest absolute Gasteiger partial charge is 0.0366 e. The van der Waals surface area contributed by atoms with E-state index in [1.54, 1.807) is 0 Å². The van der Waals surface area contributed by atoms with Crippen LogP contribution in [0.5, 0.6) is 0 Å². The number of anilines is 1. The molecule has 1 rings (SSSR count). The zero-order valence-electron chi connectivity index (χ0n) is 13.2. The molecule has 19 heavy (non-hydrogen) atoms. The van der Waals surface area contributed by atoms with E-state index in [1.165, 1.54) is 11.3 Å². The maximum absolute atomic E-state index is 3.48. The van der Waals surface area contributed by atoms with Gasteiger partial charge in [0.2, 0.25) is 0 Å². The topological polar surface area (TPSA) is 15.3 Å². The average molecular weight is 262 g/mol. The predicted molar refractivity (Wildman–Crippen MR) is 85.7 cm³/mol. The molecule has 0 bridgehead atoms. The monoisotopic (exact) mass is 262 g/mol. The third-order valence-electron chi connectivity index (χ3n) is 3.15. The lowest BCUT2D eigenvalue weighted by atomic mass is 10.1. The summed E-state index contributed by atoms with van der Waals surface area (Å²) in [6, 6.07) is 8.98. The van der Waals surface area contributed by atoms with Crippen LogP contribution in [0.15, 0.2) is 24.3 Å². The van der Waals surface area contributed by atoms with Crippen molar-refractivity contribution in [2.24, 2.45) is 11.8 Å². The van der Waals surface area contributed by atoms with Gasteiger partial charge in [0.25, 0.3) is 0 Å². The molecule has 0 amide bonds. The molecule has 0 fully saturated rings. The van der Waals surface area contributed by atoms with Gasteiger partial charge in [0.15, 0.2) is 0 Å². The maximum Gasteiger partial charge on any atom is 0.0366 e. The van der Waals surface area contributed by atoms with E-state index in [9.17, 15) is 0 Å². The largest absolute Gasteiger partial charge is 0.372 e. The van der Waals surface area contributed by atoms with Crippen LogP contribution in [-0.4, -0.2) is 19.6 Å². The molecule has 108 valence electrons. The van der Waals surface area contributed by atoms with Crippen LogP contribution >= 0.6 is 0 Å². The van der Waals surface area contributed by atoms with Crippen LogP contribution in [-0.2, 0) is 6.54 Å². The highest BCUT2D eigenvalue weighted by atomic mass is 15.1. The zero-order chi connectivity index (χ0) is 14.3. The van der Waals surface area contributed by atoms with E-state index < -0.39 is 0 Å². The second-order valence-corrected chi connectivity index (χ2v) is 6.12. The molecule has 1 aromatic carbocycles. The van der Waals surface area contributed by atoms with Crippen molar-refractivity contribution in [2.75, 3.05) is 24.5 Å². The zero-order valence-corrected chi connectivity index (χ0v) is 13.2. The maximum atomic E-state index is 3.48. The standard InChI is InChI=1S/C17H30N2/c1-6-19(13-15(4)5)17-9-7-16(8-10-17)12-18-11-14(2)3/h7-10,14-15,18H,6,11-13H2,1-5H3. The highest BCUT2D eigenvalue weighted by Crippen LogP contribution is 2.16. The van der Waals surface area contributed by atoms with Gasteiger partial charge >= 0.3 is 0 Å². The van der Waals surface area contributed by atoms with Gasteiger partial charge in [0.1, 0.15) is 0 Å². The van der Waals surface area contributed by atoms with Gasteiger partial charge in [-0.2, -0.15) is 0 Å². The van der Waals surface area contributed by atoms with Crippen molar-refractivity contribution in [3.63, 3.8) is 0 Å². The van der Waals surface area contributed by atoms with Crippen LogP contribution in [0.1, 0.15) is 40.2 Å².